The average molecular weight is 232 g/mol. The molecule has 1 aromatic rings. The molecule has 0 radical (unpaired) electrons. The highest BCUT2D eigenvalue weighted by Gasteiger charge is 2.16. The van der Waals surface area contributed by atoms with Gasteiger partial charge in [-0.25, -0.2) is 0 Å². The van der Waals surface area contributed by atoms with Crippen molar-refractivity contribution in [2.24, 2.45) is 0 Å². The van der Waals surface area contributed by atoms with Gasteiger partial charge in [-0.15, -0.1) is 0 Å². The van der Waals surface area contributed by atoms with Crippen LogP contribution in [0.4, 0.5) is 0 Å². The maximum atomic E-state index is 11.6. The first-order chi connectivity index (χ1) is 8.36. The number of carbonyl (C=O) groups excluding carboxylic acids is 1. The Morgan fingerprint density at radius 3 is 2.94 bits per heavy atom. The molecule has 4 nitrogen and oxygen atoms in total. The molecule has 1 atom stereocenters. The minimum atomic E-state index is -0.188. The number of rotatable bonds is 5. The van der Waals surface area contributed by atoms with Crippen LogP contribution in [0.5, 0.6) is 5.75 Å². The Labute approximate surface area is 101 Å². The van der Waals surface area contributed by atoms with Crippen molar-refractivity contribution in [1.29, 1.82) is 0 Å². The van der Waals surface area contributed by atoms with Gasteiger partial charge in [0.1, 0.15) is 18.4 Å². The van der Waals surface area contributed by atoms with Crippen molar-refractivity contribution < 1.29 is 9.53 Å². The Hall–Kier alpha value is -1.81. The van der Waals surface area contributed by atoms with Gasteiger partial charge in [0.15, 0.2) is 0 Å². The molecule has 2 rings (SSSR count). The number of amides is 1. The summed E-state index contributed by atoms with van der Waals surface area (Å²) in [6.45, 7) is 1.75. The van der Waals surface area contributed by atoms with Crippen LogP contribution >= 0.6 is 0 Å². The quantitative estimate of drug-likeness (QED) is 0.580. The third-order valence-corrected chi connectivity index (χ3v) is 2.48. The van der Waals surface area contributed by atoms with Gasteiger partial charge in [-0.3, -0.25) is 10.1 Å². The Morgan fingerprint density at radius 2 is 2.24 bits per heavy atom. The number of hydrogen-bond donors (Lipinski definition) is 2. The molecule has 0 aliphatic carbocycles. The summed E-state index contributed by atoms with van der Waals surface area (Å²) in [6, 6.07) is 9.37. The second-order valence-electron chi connectivity index (χ2n) is 3.77. The topological polar surface area (TPSA) is 50.4 Å². The van der Waals surface area contributed by atoms with Gasteiger partial charge in [0.25, 0.3) is 0 Å². The first kappa shape index (κ1) is 11.7. The fourth-order valence-electron chi connectivity index (χ4n) is 1.62. The Morgan fingerprint density at radius 1 is 1.41 bits per heavy atom. The lowest BCUT2D eigenvalue weighted by atomic mass is 10.3. The second-order valence-corrected chi connectivity index (χ2v) is 3.77. The number of ether oxygens (including phenoxy) is 1. The van der Waals surface area contributed by atoms with Gasteiger partial charge in [-0.1, -0.05) is 30.4 Å². The fourth-order valence-corrected chi connectivity index (χ4v) is 1.62. The highest BCUT2D eigenvalue weighted by atomic mass is 16.5. The molecule has 2 N–H and O–H groups in total. The molecule has 1 heterocycles. The van der Waals surface area contributed by atoms with E-state index in [9.17, 15) is 4.79 Å². The summed E-state index contributed by atoms with van der Waals surface area (Å²) in [5, 5.41) is 5.87. The molecule has 17 heavy (non-hydrogen) atoms. The van der Waals surface area contributed by atoms with E-state index >= 15 is 0 Å². The number of para-hydroxylation sites is 1. The molecule has 1 aliphatic rings. The minimum Gasteiger partial charge on any atom is -0.492 e. The molecule has 0 saturated carbocycles. The van der Waals surface area contributed by atoms with E-state index in [-0.39, 0.29) is 11.9 Å². The molecule has 0 fully saturated rings. The van der Waals surface area contributed by atoms with Gasteiger partial charge < -0.3 is 10.1 Å². The van der Waals surface area contributed by atoms with E-state index in [1.807, 2.05) is 42.5 Å². The van der Waals surface area contributed by atoms with Crippen LogP contribution in [-0.2, 0) is 4.79 Å². The number of hydrogen-bond acceptors (Lipinski definition) is 3. The van der Waals surface area contributed by atoms with Crippen molar-refractivity contribution in [2.45, 2.75) is 6.04 Å². The van der Waals surface area contributed by atoms with Crippen molar-refractivity contribution >= 4 is 5.91 Å². The van der Waals surface area contributed by atoms with Crippen LogP contribution < -0.4 is 15.4 Å². The lowest BCUT2D eigenvalue weighted by Crippen LogP contribution is -2.41. The molecule has 1 aromatic carbocycles. The highest BCUT2D eigenvalue weighted by molar-refractivity contribution is 5.84. The van der Waals surface area contributed by atoms with Crippen LogP contribution in [0.1, 0.15) is 0 Å². The molecule has 0 saturated heterocycles. The van der Waals surface area contributed by atoms with Crippen molar-refractivity contribution in [1.82, 2.24) is 10.6 Å². The number of carbonyl (C=O) groups is 1. The maximum absolute atomic E-state index is 11.6. The highest BCUT2D eigenvalue weighted by Crippen LogP contribution is 2.07. The largest absolute Gasteiger partial charge is 0.492 e. The Kier molecular flexibility index (Phi) is 4.16. The van der Waals surface area contributed by atoms with Gasteiger partial charge in [-0.2, -0.15) is 0 Å². The van der Waals surface area contributed by atoms with Crippen LogP contribution in [-0.4, -0.2) is 31.6 Å². The lowest BCUT2D eigenvalue weighted by Gasteiger charge is -2.11. The fraction of sp³-hybridized carbons (Fsp3) is 0.308. The van der Waals surface area contributed by atoms with E-state index in [4.69, 9.17) is 4.74 Å². The van der Waals surface area contributed by atoms with E-state index in [1.165, 1.54) is 0 Å². The molecule has 0 unspecified atom stereocenters. The summed E-state index contributed by atoms with van der Waals surface area (Å²) < 4.78 is 5.47. The summed E-state index contributed by atoms with van der Waals surface area (Å²) in [4.78, 5) is 11.6. The first-order valence-electron chi connectivity index (χ1n) is 5.72. The second kappa shape index (κ2) is 6.06. The summed E-state index contributed by atoms with van der Waals surface area (Å²) in [7, 11) is 0. The SMILES string of the molecule is O=C(NCCOc1ccccc1)[C@@H]1C=CCN1. The summed E-state index contributed by atoms with van der Waals surface area (Å²) in [6.07, 6.45) is 3.82. The lowest BCUT2D eigenvalue weighted by molar-refractivity contribution is -0.121. The molecular formula is C13H16N2O2. The standard InChI is InChI=1S/C13H16N2O2/c16-13(12-7-4-8-14-12)15-9-10-17-11-5-2-1-3-6-11/h1-7,12,14H,8-10H2,(H,15,16)/t12-/m0/s1. The van der Waals surface area contributed by atoms with Crippen molar-refractivity contribution in [3.8, 4) is 5.75 Å². The molecular weight excluding hydrogens is 216 g/mol. The van der Waals surface area contributed by atoms with Crippen LogP contribution in [0.25, 0.3) is 0 Å². The molecule has 1 amide bonds. The van der Waals surface area contributed by atoms with Gasteiger partial charge in [0.05, 0.1) is 6.54 Å². The van der Waals surface area contributed by atoms with E-state index in [2.05, 4.69) is 10.6 Å². The van der Waals surface area contributed by atoms with Gasteiger partial charge >= 0.3 is 0 Å². The van der Waals surface area contributed by atoms with Gasteiger partial charge in [0, 0.05) is 6.54 Å². The smallest absolute Gasteiger partial charge is 0.241 e. The molecule has 4 heteroatoms. The van der Waals surface area contributed by atoms with E-state index in [0.717, 1.165) is 12.3 Å². The summed E-state index contributed by atoms with van der Waals surface area (Å²) in [5.41, 5.74) is 0. The molecule has 0 bridgehead atoms. The van der Waals surface area contributed by atoms with Gasteiger partial charge in [0.2, 0.25) is 5.91 Å². The zero-order valence-electron chi connectivity index (χ0n) is 9.56. The van der Waals surface area contributed by atoms with Crippen molar-refractivity contribution in [3.05, 3.63) is 42.5 Å². The summed E-state index contributed by atoms with van der Waals surface area (Å²) >= 11 is 0. The predicted molar refractivity (Wildman–Crippen MR) is 65.9 cm³/mol. The van der Waals surface area contributed by atoms with E-state index in [0.29, 0.717) is 13.2 Å². The Bertz CT molecular complexity index is 390. The third kappa shape index (κ3) is 3.60. The molecule has 0 aromatic heterocycles. The molecule has 1 aliphatic heterocycles. The normalized spacial score (nSPS) is 18.0. The van der Waals surface area contributed by atoms with Crippen molar-refractivity contribution in [2.75, 3.05) is 19.7 Å². The number of nitrogens with one attached hydrogen (secondary N) is 2. The molecule has 90 valence electrons. The van der Waals surface area contributed by atoms with Gasteiger partial charge in [-0.05, 0) is 12.1 Å². The first-order valence-corrected chi connectivity index (χ1v) is 5.72. The zero-order valence-corrected chi connectivity index (χ0v) is 9.56. The third-order valence-electron chi connectivity index (χ3n) is 2.48. The summed E-state index contributed by atoms with van der Waals surface area (Å²) in [5.74, 6) is 0.816. The van der Waals surface area contributed by atoms with Crippen LogP contribution in [0.15, 0.2) is 42.5 Å². The van der Waals surface area contributed by atoms with E-state index in [1.54, 1.807) is 0 Å². The van der Waals surface area contributed by atoms with Crippen LogP contribution in [0, 0.1) is 0 Å². The number of benzene rings is 1. The molecule has 0 spiro atoms. The Balaban J connectivity index is 1.63. The van der Waals surface area contributed by atoms with Crippen molar-refractivity contribution in [3.63, 3.8) is 0 Å². The zero-order chi connectivity index (χ0) is 11.9. The monoisotopic (exact) mass is 232 g/mol. The van der Waals surface area contributed by atoms with E-state index < -0.39 is 0 Å². The average Bonchev–Trinajstić information content (AvgIpc) is 2.89. The minimum absolute atomic E-state index is 0.00425. The predicted octanol–water partition coefficient (Wildman–Crippen LogP) is 0.710. The van der Waals surface area contributed by atoms with Crippen LogP contribution in [0.2, 0.25) is 0 Å². The maximum Gasteiger partial charge on any atom is 0.241 e. The van der Waals surface area contributed by atoms with Crippen LogP contribution in [0.3, 0.4) is 0 Å².